The average molecular weight is 1240 g/mol. The highest BCUT2D eigenvalue weighted by atomic mass is 16.3. The van der Waals surface area contributed by atoms with Gasteiger partial charge >= 0.3 is 0 Å². The molecule has 2 aromatic carbocycles. The number of ketones is 3. The van der Waals surface area contributed by atoms with E-state index in [0.717, 1.165) is 53.5 Å². The summed E-state index contributed by atoms with van der Waals surface area (Å²) in [7, 11) is 1.51. The quantitative estimate of drug-likeness (QED) is 0.0221. The number of rotatable bonds is 35. The molecule has 16 N–H and O–H groups in total. The number of benzene rings is 2. The van der Waals surface area contributed by atoms with Crippen LogP contribution in [0.15, 0.2) is 59.7 Å². The zero-order valence-corrected chi connectivity index (χ0v) is 51.9. The molecule has 26 nitrogen and oxygen atoms in total. The lowest BCUT2D eigenvalue weighted by atomic mass is 9.82. The second-order valence-corrected chi connectivity index (χ2v) is 24.4. The Hall–Kier alpha value is -8.26. The van der Waals surface area contributed by atoms with Crippen LogP contribution in [0.25, 0.3) is 10.9 Å². The number of carbonyl (C=O) groups is 11. The summed E-state index contributed by atoms with van der Waals surface area (Å²) < 4.78 is 0. The van der Waals surface area contributed by atoms with Crippen molar-refractivity contribution in [3.8, 4) is 5.75 Å². The molecule has 0 spiro atoms. The van der Waals surface area contributed by atoms with Crippen molar-refractivity contribution in [3.63, 3.8) is 0 Å². The molecule has 2 aliphatic rings. The Bertz CT molecular complexity index is 3000. The van der Waals surface area contributed by atoms with Crippen molar-refractivity contribution in [2.24, 2.45) is 51.8 Å². The lowest BCUT2D eigenvalue weighted by molar-refractivity contribution is -0.142. The number of aromatic nitrogens is 1. The second-order valence-electron chi connectivity index (χ2n) is 24.4. The van der Waals surface area contributed by atoms with Crippen molar-refractivity contribution >= 4 is 81.5 Å². The van der Waals surface area contributed by atoms with Gasteiger partial charge in [0, 0.05) is 94.5 Å². The van der Waals surface area contributed by atoms with Crippen molar-refractivity contribution in [1.29, 1.82) is 0 Å². The maximum atomic E-state index is 14.5. The van der Waals surface area contributed by atoms with Crippen molar-refractivity contribution in [3.05, 3.63) is 65.9 Å². The largest absolute Gasteiger partial charge is 0.508 e. The van der Waals surface area contributed by atoms with Gasteiger partial charge in [0.05, 0.1) is 42.7 Å². The minimum atomic E-state index is -1.68. The summed E-state index contributed by atoms with van der Waals surface area (Å²) in [5.74, 6) is -11.7. The van der Waals surface area contributed by atoms with E-state index in [2.05, 4.69) is 41.9 Å². The number of nitrogens with two attached hydrogens (primary N) is 3. The third kappa shape index (κ3) is 22.4. The molecule has 8 amide bonds. The molecule has 3 aromatic rings. The highest BCUT2D eigenvalue weighted by Gasteiger charge is 2.43. The van der Waals surface area contributed by atoms with Crippen molar-refractivity contribution in [2.75, 3.05) is 20.1 Å². The van der Waals surface area contributed by atoms with E-state index in [9.17, 15) is 68.1 Å². The molecule has 1 saturated heterocycles. The predicted molar refractivity (Wildman–Crippen MR) is 330 cm³/mol. The Kier molecular flexibility index (Phi) is 27.7. The van der Waals surface area contributed by atoms with Crippen LogP contribution in [-0.2, 0) is 65.6 Å². The molecule has 26 heteroatoms. The van der Waals surface area contributed by atoms with Crippen LogP contribution in [0.4, 0.5) is 0 Å². The number of nitrogens with one attached hydrogen (secondary N) is 7. The van der Waals surface area contributed by atoms with Gasteiger partial charge in [-0.1, -0.05) is 83.2 Å². The van der Waals surface area contributed by atoms with E-state index in [0.29, 0.717) is 18.5 Å². The number of nitrogens with zero attached hydrogens (tertiary/aromatic N) is 2. The van der Waals surface area contributed by atoms with Crippen LogP contribution >= 0.6 is 0 Å². The van der Waals surface area contributed by atoms with Gasteiger partial charge in [-0.15, -0.1) is 0 Å². The average Bonchev–Trinajstić information content (AvgIpc) is 2.91. The second kappa shape index (κ2) is 34.5. The van der Waals surface area contributed by atoms with Crippen LogP contribution < -0.4 is 49.1 Å². The van der Waals surface area contributed by atoms with Crippen LogP contribution in [0.2, 0.25) is 0 Å². The Morgan fingerprint density at radius 1 is 0.719 bits per heavy atom. The Balaban J connectivity index is 1.29. The zero-order valence-electron chi connectivity index (χ0n) is 51.9. The van der Waals surface area contributed by atoms with Gasteiger partial charge in [0.25, 0.3) is 0 Å². The number of carbonyl (C=O) groups excluding carboxylic acids is 11. The molecule has 488 valence electrons. The van der Waals surface area contributed by atoms with Gasteiger partial charge in [0.2, 0.25) is 47.3 Å². The number of phenolic OH excluding ortho intramolecular Hbond substituents is 1. The minimum absolute atomic E-state index is 0.0105. The summed E-state index contributed by atoms with van der Waals surface area (Å²) in [6.45, 7) is 7.64. The first-order chi connectivity index (χ1) is 42.1. The number of primary amides is 2. The standard InChI is InChI=1S/C63H92N12O14/c1-34(2)23-47(54(81)28-40(15-12-22-68-63(66)67-6)59(86)74-50(57(65)84)27-41-32-69-46-17-11-10-16-44(41)46)71-58(85)35(3)24-53(80)48(25-38-13-8-7-9-14-38)72-60(87)45(36(4)76)30-55(82)49(31-56(64)83)73-61(88)52-29-43(79)33-75(52)62(89)51(70-37(5)77)26-39-18-20-42(78)21-19-39/h10-11,16-21,32,34-36,38,40,43,45,47-52,69,76,78-79H,7-9,12-15,22-31,33H2,1-6H3,(H2,64,83)(H2,65,84)(H,70,77)(H,71,85)(H,72,87)(H,73,88)(H,74,86)(H3,66,67,68)/t35-,36-,40-,43-,45+,47+,48+,49+,50+,51-,52+/m1/s1. The van der Waals surface area contributed by atoms with Crippen molar-refractivity contribution in [1.82, 2.24) is 41.8 Å². The molecule has 2 fully saturated rings. The number of hydrogen-bond donors (Lipinski definition) is 13. The third-order valence-electron chi connectivity index (χ3n) is 16.6. The molecular formula is C63H92N12O14. The Morgan fingerprint density at radius 2 is 1.36 bits per heavy atom. The number of phenols is 1. The topological polar surface area (TPSA) is 430 Å². The van der Waals surface area contributed by atoms with E-state index in [4.69, 9.17) is 17.2 Å². The number of guanidine groups is 1. The molecule has 0 unspecified atom stereocenters. The molecule has 1 aromatic heterocycles. The minimum Gasteiger partial charge on any atom is -0.508 e. The number of aliphatic hydroxyl groups excluding tert-OH is 2. The molecule has 2 heterocycles. The first-order valence-corrected chi connectivity index (χ1v) is 30.7. The maximum Gasteiger partial charge on any atom is 0.246 e. The molecule has 1 aliphatic carbocycles. The number of Topliss-reactive ketones (excluding diaryl/α,β-unsaturated/α-hetero) is 3. The van der Waals surface area contributed by atoms with Gasteiger partial charge in [-0.05, 0) is 73.8 Å². The lowest BCUT2D eigenvalue weighted by Crippen LogP contribution is -2.56. The van der Waals surface area contributed by atoms with Crippen molar-refractivity contribution < 1.29 is 68.1 Å². The SMILES string of the molecule is CN=C(N)NCCC[C@H](CC(=O)[C@H](CC(C)C)NC(=O)[C@H](C)CC(=O)[C@H](CC1CCCCC1)NC(=O)[C@@H](CC(=O)[C@H](CC(N)=O)NC(=O)[C@@H]1C[C@@H](O)CN1C(=O)[C@@H](Cc1ccc(O)cc1)NC(C)=O)[C@@H](C)O)C(=O)N[C@@H](Cc1c[nH]c2ccccc12)C(N)=O. The molecule has 5 rings (SSSR count). The highest BCUT2D eigenvalue weighted by Crippen LogP contribution is 2.30. The highest BCUT2D eigenvalue weighted by molar-refractivity contribution is 6.00. The van der Waals surface area contributed by atoms with Crippen LogP contribution in [0.5, 0.6) is 5.75 Å². The predicted octanol–water partition coefficient (Wildman–Crippen LogP) is 0.883. The monoisotopic (exact) mass is 1240 g/mol. The molecule has 0 radical (unpaired) electrons. The van der Waals surface area contributed by atoms with Gasteiger partial charge < -0.3 is 74.3 Å². The zero-order chi connectivity index (χ0) is 65.6. The number of amides is 8. The van der Waals surface area contributed by atoms with Gasteiger partial charge in [-0.25, -0.2) is 0 Å². The Morgan fingerprint density at radius 3 is 1.99 bits per heavy atom. The molecular weight excluding hydrogens is 1150 g/mol. The smallest absolute Gasteiger partial charge is 0.246 e. The molecule has 89 heavy (non-hydrogen) atoms. The van der Waals surface area contributed by atoms with Gasteiger partial charge in [-0.2, -0.15) is 0 Å². The number of fused-ring (bicyclic) bond motifs is 1. The summed E-state index contributed by atoms with van der Waals surface area (Å²) in [4.78, 5) is 159. The van der Waals surface area contributed by atoms with Gasteiger partial charge in [0.15, 0.2) is 23.3 Å². The number of H-pyrrole nitrogens is 1. The van der Waals surface area contributed by atoms with E-state index in [1.165, 1.54) is 40.0 Å². The summed E-state index contributed by atoms with van der Waals surface area (Å²) in [6, 6.07) is 5.60. The fourth-order valence-corrected chi connectivity index (χ4v) is 11.7. The molecule has 0 bridgehead atoms. The number of likely N-dealkylation sites (tertiary alicyclic amines) is 1. The van der Waals surface area contributed by atoms with Crippen LogP contribution in [0.3, 0.4) is 0 Å². The van der Waals surface area contributed by atoms with Gasteiger partial charge in [-0.3, -0.25) is 57.7 Å². The van der Waals surface area contributed by atoms with Crippen LogP contribution in [-0.4, -0.2) is 164 Å². The first kappa shape index (κ1) is 71.5. The first-order valence-electron chi connectivity index (χ1n) is 30.7. The van der Waals surface area contributed by atoms with Gasteiger partial charge in [0.1, 0.15) is 23.9 Å². The fourth-order valence-electron chi connectivity index (χ4n) is 11.7. The van der Waals surface area contributed by atoms with E-state index < -0.39 is 150 Å². The van der Waals surface area contributed by atoms with Crippen LogP contribution in [0.1, 0.15) is 136 Å². The van der Waals surface area contributed by atoms with E-state index in [1.54, 1.807) is 18.3 Å². The Labute approximate surface area is 518 Å². The maximum absolute atomic E-state index is 14.5. The molecule has 1 saturated carbocycles. The van der Waals surface area contributed by atoms with Crippen molar-refractivity contribution in [2.45, 2.75) is 186 Å². The summed E-state index contributed by atoms with van der Waals surface area (Å²) >= 11 is 0. The normalized spacial score (nSPS) is 18.4. The number of aliphatic hydroxyl groups is 2. The number of para-hydroxylation sites is 1. The molecule has 1 aliphatic heterocycles. The van der Waals surface area contributed by atoms with E-state index in [-0.39, 0.29) is 75.0 Å². The number of aliphatic imine (C=N–C) groups is 1. The summed E-state index contributed by atoms with van der Waals surface area (Å²) in [5.41, 5.74) is 19.3. The number of aromatic amines is 1. The lowest BCUT2D eigenvalue weighted by Gasteiger charge is -2.30. The fraction of sp³-hybridized carbons (Fsp3) is 0.587. The summed E-state index contributed by atoms with van der Waals surface area (Å²) in [6.07, 6.45) is 1.58. The number of β-amino-alcohol motifs (C(OH)–C–C–N with tert-alkyl or cyclic N) is 1. The van der Waals surface area contributed by atoms with E-state index >= 15 is 0 Å². The third-order valence-corrected chi connectivity index (χ3v) is 16.6. The summed E-state index contributed by atoms with van der Waals surface area (Å²) in [5, 5.41) is 48.7. The number of hydrogen-bond acceptors (Lipinski definition) is 15. The van der Waals surface area contributed by atoms with Crippen LogP contribution in [0, 0.1) is 29.6 Å². The molecule has 11 atom stereocenters. The van der Waals surface area contributed by atoms with E-state index in [1.807, 2.05) is 38.1 Å². The number of aromatic hydroxyl groups is 1.